The second-order valence-corrected chi connectivity index (χ2v) is 8.28. The molecule has 0 fully saturated rings. The van der Waals surface area contributed by atoms with Crippen LogP contribution in [0.25, 0.3) is 51.1 Å². The van der Waals surface area contributed by atoms with Crippen molar-refractivity contribution in [2.75, 3.05) is 0 Å². The molecule has 2 aromatic heterocycles. The van der Waals surface area contributed by atoms with Crippen LogP contribution in [-0.2, 0) is 0 Å². The molecule has 0 aliphatic carbocycles. The lowest BCUT2D eigenvalue weighted by Crippen LogP contribution is -1.73. The standard InChI is InChI=1S/C22H12S2/c1-2-6-14-13(5-1)9-12-19-20(14)17-11-10-16-15-7-3-4-8-18(15)23-21(16)22(17)24-19/h1-12H. The van der Waals surface area contributed by atoms with Crippen molar-refractivity contribution in [3.05, 3.63) is 72.8 Å². The Morgan fingerprint density at radius 1 is 0.458 bits per heavy atom. The van der Waals surface area contributed by atoms with E-state index < -0.39 is 0 Å². The van der Waals surface area contributed by atoms with Gasteiger partial charge in [0.15, 0.2) is 0 Å². The third kappa shape index (κ3) is 1.57. The highest BCUT2D eigenvalue weighted by Gasteiger charge is 2.14. The monoisotopic (exact) mass is 340 g/mol. The molecule has 0 bridgehead atoms. The molecule has 0 spiro atoms. The maximum absolute atomic E-state index is 2.32. The van der Waals surface area contributed by atoms with E-state index >= 15 is 0 Å². The zero-order valence-corrected chi connectivity index (χ0v) is 14.4. The molecule has 0 saturated carbocycles. The molecule has 2 heteroatoms. The van der Waals surface area contributed by atoms with E-state index in [-0.39, 0.29) is 0 Å². The molecule has 0 atom stereocenters. The Morgan fingerprint density at radius 2 is 1.17 bits per heavy atom. The summed E-state index contributed by atoms with van der Waals surface area (Å²) in [6, 6.07) is 26.6. The van der Waals surface area contributed by atoms with Crippen molar-refractivity contribution in [3.63, 3.8) is 0 Å². The summed E-state index contributed by atoms with van der Waals surface area (Å²) in [6.07, 6.45) is 0. The van der Waals surface area contributed by atoms with Crippen LogP contribution in [0.1, 0.15) is 0 Å². The summed E-state index contributed by atoms with van der Waals surface area (Å²) >= 11 is 3.85. The number of hydrogen-bond acceptors (Lipinski definition) is 2. The van der Waals surface area contributed by atoms with E-state index in [1.54, 1.807) is 0 Å². The maximum Gasteiger partial charge on any atom is 0.0534 e. The Kier molecular flexibility index (Phi) is 2.46. The van der Waals surface area contributed by atoms with E-state index in [9.17, 15) is 0 Å². The first-order chi connectivity index (χ1) is 11.9. The second-order valence-electron chi connectivity index (χ2n) is 6.18. The topological polar surface area (TPSA) is 0 Å². The maximum atomic E-state index is 2.32. The Hall–Kier alpha value is -2.42. The van der Waals surface area contributed by atoms with Crippen LogP contribution in [0, 0.1) is 0 Å². The fourth-order valence-electron chi connectivity index (χ4n) is 3.79. The molecule has 4 aromatic carbocycles. The fraction of sp³-hybridized carbons (Fsp3) is 0. The van der Waals surface area contributed by atoms with Crippen LogP contribution in [0.5, 0.6) is 0 Å². The van der Waals surface area contributed by atoms with Crippen LogP contribution in [0.15, 0.2) is 72.8 Å². The molecule has 112 valence electrons. The summed E-state index contributed by atoms with van der Waals surface area (Å²) < 4.78 is 5.62. The summed E-state index contributed by atoms with van der Waals surface area (Å²) in [5, 5.41) is 8.25. The molecular weight excluding hydrogens is 328 g/mol. The van der Waals surface area contributed by atoms with Gasteiger partial charge in [0.1, 0.15) is 0 Å². The van der Waals surface area contributed by atoms with Crippen molar-refractivity contribution in [1.29, 1.82) is 0 Å². The fourth-order valence-corrected chi connectivity index (χ4v) is 6.34. The Morgan fingerprint density at radius 3 is 2.12 bits per heavy atom. The molecule has 24 heavy (non-hydrogen) atoms. The van der Waals surface area contributed by atoms with Crippen LogP contribution in [0.2, 0.25) is 0 Å². The number of thiophene rings is 2. The van der Waals surface area contributed by atoms with Gasteiger partial charge in [-0.05, 0) is 22.9 Å². The third-order valence-corrected chi connectivity index (χ3v) is 7.40. The molecule has 0 saturated heterocycles. The molecule has 0 amide bonds. The van der Waals surface area contributed by atoms with Gasteiger partial charge in [-0.1, -0.05) is 60.7 Å². The Balaban J connectivity index is 1.90. The smallest absolute Gasteiger partial charge is 0.0534 e. The molecule has 0 nitrogen and oxygen atoms in total. The van der Waals surface area contributed by atoms with Crippen LogP contribution in [-0.4, -0.2) is 0 Å². The lowest BCUT2D eigenvalue weighted by Gasteiger charge is -2.00. The summed E-state index contributed by atoms with van der Waals surface area (Å²) in [7, 11) is 0. The number of benzene rings is 4. The van der Waals surface area contributed by atoms with E-state index in [4.69, 9.17) is 0 Å². The van der Waals surface area contributed by atoms with E-state index in [0.717, 1.165) is 0 Å². The van der Waals surface area contributed by atoms with E-state index in [2.05, 4.69) is 72.8 Å². The Labute approximate surface area is 146 Å². The van der Waals surface area contributed by atoms with Crippen molar-refractivity contribution in [2.24, 2.45) is 0 Å². The molecule has 6 aromatic rings. The number of hydrogen-bond donors (Lipinski definition) is 0. The Bertz CT molecular complexity index is 1400. The van der Waals surface area contributed by atoms with Gasteiger partial charge in [0.25, 0.3) is 0 Å². The summed E-state index contributed by atoms with van der Waals surface area (Å²) in [5.74, 6) is 0. The highest BCUT2D eigenvalue weighted by molar-refractivity contribution is 7.33. The quantitative estimate of drug-likeness (QED) is 0.267. The molecule has 6 rings (SSSR count). The first-order valence-corrected chi connectivity index (χ1v) is 9.68. The van der Waals surface area contributed by atoms with Crippen molar-refractivity contribution >= 4 is 73.8 Å². The molecular formula is C22H12S2. The molecule has 0 unspecified atom stereocenters. The average Bonchev–Trinajstić information content (AvgIpc) is 3.20. The molecule has 0 aliphatic rings. The zero-order valence-electron chi connectivity index (χ0n) is 12.7. The average molecular weight is 340 g/mol. The zero-order chi connectivity index (χ0) is 15.7. The van der Waals surface area contributed by atoms with Gasteiger partial charge in [0, 0.05) is 30.9 Å². The normalized spacial score (nSPS) is 12.2. The highest BCUT2D eigenvalue weighted by atomic mass is 32.1. The van der Waals surface area contributed by atoms with Gasteiger partial charge in [0.2, 0.25) is 0 Å². The minimum absolute atomic E-state index is 1.32. The van der Waals surface area contributed by atoms with Gasteiger partial charge < -0.3 is 0 Å². The molecule has 0 N–H and O–H groups in total. The van der Waals surface area contributed by atoms with Gasteiger partial charge in [-0.25, -0.2) is 0 Å². The second kappa shape index (κ2) is 4.56. The minimum Gasteiger partial charge on any atom is -0.134 e. The van der Waals surface area contributed by atoms with Crippen LogP contribution >= 0.6 is 22.7 Å². The summed E-state index contributed by atoms with van der Waals surface area (Å²) in [4.78, 5) is 0. The predicted molar refractivity (Wildman–Crippen MR) is 110 cm³/mol. The van der Waals surface area contributed by atoms with Crippen molar-refractivity contribution in [1.82, 2.24) is 0 Å². The van der Waals surface area contributed by atoms with Crippen molar-refractivity contribution in [2.45, 2.75) is 0 Å². The number of fused-ring (bicyclic) bond motifs is 9. The van der Waals surface area contributed by atoms with Crippen molar-refractivity contribution in [3.8, 4) is 0 Å². The molecule has 0 radical (unpaired) electrons. The van der Waals surface area contributed by atoms with E-state index in [1.165, 1.54) is 51.1 Å². The van der Waals surface area contributed by atoms with Crippen LogP contribution < -0.4 is 0 Å². The molecule has 0 aliphatic heterocycles. The minimum atomic E-state index is 1.32. The van der Waals surface area contributed by atoms with Crippen LogP contribution in [0.4, 0.5) is 0 Å². The van der Waals surface area contributed by atoms with E-state index in [1.807, 2.05) is 22.7 Å². The third-order valence-electron chi connectivity index (χ3n) is 4.87. The predicted octanol–water partition coefficient (Wildman–Crippen LogP) is 7.58. The SMILES string of the molecule is c1ccc2c(c1)ccc1sc3c(ccc4c5ccccc5sc43)c12. The molecule has 2 heterocycles. The van der Waals surface area contributed by atoms with Gasteiger partial charge in [-0.15, -0.1) is 22.7 Å². The number of rotatable bonds is 0. The summed E-state index contributed by atoms with van der Waals surface area (Å²) in [6.45, 7) is 0. The largest absolute Gasteiger partial charge is 0.134 e. The first-order valence-electron chi connectivity index (χ1n) is 8.04. The summed E-state index contributed by atoms with van der Waals surface area (Å²) in [5.41, 5.74) is 0. The van der Waals surface area contributed by atoms with Crippen molar-refractivity contribution < 1.29 is 0 Å². The van der Waals surface area contributed by atoms with Crippen LogP contribution in [0.3, 0.4) is 0 Å². The van der Waals surface area contributed by atoms with Gasteiger partial charge >= 0.3 is 0 Å². The lowest BCUT2D eigenvalue weighted by atomic mass is 10.0. The lowest BCUT2D eigenvalue weighted by molar-refractivity contribution is 1.82. The van der Waals surface area contributed by atoms with Gasteiger partial charge in [0.05, 0.1) is 9.40 Å². The highest BCUT2D eigenvalue weighted by Crippen LogP contribution is 2.45. The van der Waals surface area contributed by atoms with E-state index in [0.29, 0.717) is 0 Å². The van der Waals surface area contributed by atoms with Gasteiger partial charge in [-0.2, -0.15) is 0 Å². The van der Waals surface area contributed by atoms with Gasteiger partial charge in [-0.3, -0.25) is 0 Å². The first kappa shape index (κ1) is 12.9.